The molecule has 1 heterocycles. The van der Waals surface area contributed by atoms with Crippen LogP contribution in [0.3, 0.4) is 0 Å². The van der Waals surface area contributed by atoms with Gasteiger partial charge in [-0.1, -0.05) is 12.1 Å². The minimum absolute atomic E-state index is 0.0688. The number of carbonyl (C=O) groups is 1. The smallest absolute Gasteiger partial charge is 0.368 e. The zero-order valence-corrected chi connectivity index (χ0v) is 9.69. The summed E-state index contributed by atoms with van der Waals surface area (Å²) in [6, 6.07) is 4.71. The highest BCUT2D eigenvalue weighted by molar-refractivity contribution is 5.73. The Hall–Kier alpha value is -2.31. The number of alkyl halides is 3. The Kier molecular flexibility index (Phi) is 3.28. The maximum absolute atomic E-state index is 12.4. The van der Waals surface area contributed by atoms with Gasteiger partial charge in [0.2, 0.25) is 5.91 Å². The number of primary amides is 1. The zero-order valence-electron chi connectivity index (χ0n) is 9.69. The van der Waals surface area contributed by atoms with Crippen molar-refractivity contribution in [2.45, 2.75) is 12.7 Å². The Labute approximate surface area is 106 Å². The summed E-state index contributed by atoms with van der Waals surface area (Å²) in [4.78, 5) is 10.7. The van der Waals surface area contributed by atoms with Crippen molar-refractivity contribution in [3.8, 4) is 11.1 Å². The van der Waals surface area contributed by atoms with E-state index in [0.29, 0.717) is 11.1 Å². The Morgan fingerprint density at radius 3 is 2.37 bits per heavy atom. The normalized spacial score (nSPS) is 11.5. The topological polar surface area (TPSA) is 60.9 Å². The van der Waals surface area contributed by atoms with Crippen LogP contribution in [-0.2, 0) is 17.5 Å². The van der Waals surface area contributed by atoms with E-state index in [9.17, 15) is 18.0 Å². The number of nitrogens with two attached hydrogens (primary N) is 1. The van der Waals surface area contributed by atoms with Crippen LogP contribution in [0.15, 0.2) is 36.7 Å². The molecule has 4 nitrogen and oxygen atoms in total. The lowest BCUT2D eigenvalue weighted by atomic mass is 10.1. The van der Waals surface area contributed by atoms with E-state index in [1.807, 2.05) is 0 Å². The van der Waals surface area contributed by atoms with Crippen molar-refractivity contribution in [3.05, 3.63) is 42.2 Å². The maximum Gasteiger partial charge on any atom is 0.416 e. The predicted molar refractivity (Wildman–Crippen MR) is 61.9 cm³/mol. The molecular formula is C12H10F3N3O. The van der Waals surface area contributed by atoms with Crippen LogP contribution < -0.4 is 5.73 Å². The molecule has 0 saturated carbocycles. The first kappa shape index (κ1) is 13.1. The summed E-state index contributed by atoms with van der Waals surface area (Å²) in [5, 5.41) is 3.90. The fraction of sp³-hybridized carbons (Fsp3) is 0.167. The molecule has 0 fully saturated rings. The average Bonchev–Trinajstić information content (AvgIpc) is 2.75. The van der Waals surface area contributed by atoms with Gasteiger partial charge in [-0.15, -0.1) is 0 Å². The SMILES string of the molecule is NC(=O)Cn1cc(-c2ccc(C(F)(F)F)cc2)cn1. The lowest BCUT2D eigenvalue weighted by Gasteiger charge is -2.06. The van der Waals surface area contributed by atoms with Gasteiger partial charge in [-0.2, -0.15) is 18.3 Å². The average molecular weight is 269 g/mol. The van der Waals surface area contributed by atoms with E-state index < -0.39 is 17.6 Å². The van der Waals surface area contributed by atoms with Crippen molar-refractivity contribution < 1.29 is 18.0 Å². The molecule has 0 saturated heterocycles. The fourth-order valence-corrected chi connectivity index (χ4v) is 1.61. The largest absolute Gasteiger partial charge is 0.416 e. The zero-order chi connectivity index (χ0) is 14.0. The highest BCUT2D eigenvalue weighted by Gasteiger charge is 2.29. The molecule has 1 amide bonds. The van der Waals surface area contributed by atoms with Gasteiger partial charge in [0.1, 0.15) is 6.54 Å². The second kappa shape index (κ2) is 4.75. The molecule has 2 N–H and O–H groups in total. The summed E-state index contributed by atoms with van der Waals surface area (Å²) in [6.45, 7) is -0.0688. The van der Waals surface area contributed by atoms with Crippen molar-refractivity contribution in [2.24, 2.45) is 5.73 Å². The van der Waals surface area contributed by atoms with E-state index >= 15 is 0 Å². The number of benzene rings is 1. The number of hydrogen-bond acceptors (Lipinski definition) is 2. The Morgan fingerprint density at radius 1 is 1.21 bits per heavy atom. The Balaban J connectivity index is 2.23. The third-order valence-electron chi connectivity index (χ3n) is 2.50. The van der Waals surface area contributed by atoms with Crippen LogP contribution in [0.5, 0.6) is 0 Å². The number of halogens is 3. The van der Waals surface area contributed by atoms with E-state index in [0.717, 1.165) is 12.1 Å². The molecule has 1 aromatic heterocycles. The molecule has 2 rings (SSSR count). The van der Waals surface area contributed by atoms with E-state index in [-0.39, 0.29) is 6.54 Å². The molecule has 7 heteroatoms. The second-order valence-electron chi connectivity index (χ2n) is 3.97. The minimum Gasteiger partial charge on any atom is -0.368 e. The monoisotopic (exact) mass is 269 g/mol. The summed E-state index contributed by atoms with van der Waals surface area (Å²) in [5.74, 6) is -0.540. The number of rotatable bonds is 3. The van der Waals surface area contributed by atoms with Gasteiger partial charge in [-0.3, -0.25) is 9.48 Å². The van der Waals surface area contributed by atoms with Gasteiger partial charge >= 0.3 is 6.18 Å². The second-order valence-corrected chi connectivity index (χ2v) is 3.97. The summed E-state index contributed by atoms with van der Waals surface area (Å²) < 4.78 is 38.5. The summed E-state index contributed by atoms with van der Waals surface area (Å²) in [5.41, 5.74) is 5.51. The van der Waals surface area contributed by atoms with Crippen molar-refractivity contribution in [1.82, 2.24) is 9.78 Å². The lowest BCUT2D eigenvalue weighted by molar-refractivity contribution is -0.137. The number of nitrogens with zero attached hydrogens (tertiary/aromatic N) is 2. The van der Waals surface area contributed by atoms with Gasteiger partial charge < -0.3 is 5.73 Å². The quantitative estimate of drug-likeness (QED) is 0.927. The van der Waals surface area contributed by atoms with Gasteiger partial charge in [-0.05, 0) is 17.7 Å². The van der Waals surface area contributed by atoms with E-state index in [1.165, 1.54) is 23.0 Å². The maximum atomic E-state index is 12.4. The molecule has 100 valence electrons. The number of aromatic nitrogens is 2. The third-order valence-corrected chi connectivity index (χ3v) is 2.50. The number of carbonyl (C=O) groups excluding carboxylic acids is 1. The van der Waals surface area contributed by atoms with Crippen LogP contribution >= 0.6 is 0 Å². The molecule has 1 aromatic carbocycles. The van der Waals surface area contributed by atoms with Crippen molar-refractivity contribution in [2.75, 3.05) is 0 Å². The molecule has 0 atom stereocenters. The van der Waals surface area contributed by atoms with Gasteiger partial charge in [0.15, 0.2) is 0 Å². The van der Waals surface area contributed by atoms with Crippen molar-refractivity contribution in [3.63, 3.8) is 0 Å². The molecule has 0 aliphatic heterocycles. The third kappa shape index (κ3) is 3.12. The van der Waals surface area contributed by atoms with Crippen LogP contribution in [0, 0.1) is 0 Å². The van der Waals surface area contributed by atoms with E-state index in [2.05, 4.69) is 5.10 Å². The van der Waals surface area contributed by atoms with Crippen LogP contribution in [0.1, 0.15) is 5.56 Å². The molecule has 0 radical (unpaired) electrons. The molecule has 0 bridgehead atoms. The summed E-state index contributed by atoms with van der Waals surface area (Å²) in [6.07, 6.45) is -1.34. The summed E-state index contributed by atoms with van der Waals surface area (Å²) >= 11 is 0. The molecule has 0 aliphatic rings. The predicted octanol–water partition coefficient (Wildman–Crippen LogP) is 2.05. The minimum atomic E-state index is -4.35. The van der Waals surface area contributed by atoms with Gasteiger partial charge in [-0.25, -0.2) is 0 Å². The standard InChI is InChI=1S/C12H10F3N3O/c13-12(14,15)10-3-1-8(2-4-10)9-5-17-18(6-9)7-11(16)19/h1-6H,7H2,(H2,16,19). The molecule has 2 aromatic rings. The van der Waals surface area contributed by atoms with E-state index in [1.54, 1.807) is 6.20 Å². The lowest BCUT2D eigenvalue weighted by Crippen LogP contribution is -2.18. The van der Waals surface area contributed by atoms with Gasteiger partial charge in [0, 0.05) is 11.8 Å². The summed E-state index contributed by atoms with van der Waals surface area (Å²) in [7, 11) is 0. The van der Waals surface area contributed by atoms with Crippen LogP contribution in [0.25, 0.3) is 11.1 Å². The molecule has 0 unspecified atom stereocenters. The van der Waals surface area contributed by atoms with Crippen LogP contribution in [0.4, 0.5) is 13.2 Å². The van der Waals surface area contributed by atoms with Gasteiger partial charge in [0.25, 0.3) is 0 Å². The fourth-order valence-electron chi connectivity index (χ4n) is 1.61. The van der Waals surface area contributed by atoms with Crippen LogP contribution in [-0.4, -0.2) is 15.7 Å². The Bertz CT molecular complexity index is 587. The Morgan fingerprint density at radius 2 is 1.84 bits per heavy atom. The van der Waals surface area contributed by atoms with Crippen molar-refractivity contribution >= 4 is 5.91 Å². The molecule has 19 heavy (non-hydrogen) atoms. The highest BCUT2D eigenvalue weighted by Crippen LogP contribution is 2.30. The number of amides is 1. The van der Waals surface area contributed by atoms with Crippen LogP contribution in [0.2, 0.25) is 0 Å². The first-order valence-corrected chi connectivity index (χ1v) is 5.34. The van der Waals surface area contributed by atoms with Gasteiger partial charge in [0.05, 0.1) is 11.8 Å². The first-order valence-electron chi connectivity index (χ1n) is 5.34. The molecule has 0 spiro atoms. The first-order chi connectivity index (χ1) is 8.86. The molecule has 0 aliphatic carbocycles. The van der Waals surface area contributed by atoms with Crippen molar-refractivity contribution in [1.29, 1.82) is 0 Å². The molecular weight excluding hydrogens is 259 g/mol. The highest BCUT2D eigenvalue weighted by atomic mass is 19.4. The van der Waals surface area contributed by atoms with E-state index in [4.69, 9.17) is 5.73 Å². The number of hydrogen-bond donors (Lipinski definition) is 1.